The van der Waals surface area contributed by atoms with Crippen molar-refractivity contribution in [3.8, 4) is 22.9 Å². The SMILES string of the molecule is COC(=O)Nc1ccc2nc(-c3ccc(O)cc3OC)[nH]c2c1. The molecule has 23 heavy (non-hydrogen) atoms. The van der Waals surface area contributed by atoms with Crippen molar-refractivity contribution in [2.45, 2.75) is 0 Å². The van der Waals surface area contributed by atoms with E-state index >= 15 is 0 Å². The van der Waals surface area contributed by atoms with E-state index in [4.69, 9.17) is 4.74 Å². The van der Waals surface area contributed by atoms with Crippen LogP contribution in [0.4, 0.5) is 10.5 Å². The third kappa shape index (κ3) is 2.89. The molecule has 0 bridgehead atoms. The number of rotatable bonds is 3. The molecule has 3 N–H and O–H groups in total. The van der Waals surface area contributed by atoms with Crippen LogP contribution in [0.2, 0.25) is 0 Å². The minimum absolute atomic E-state index is 0.117. The molecule has 0 aliphatic heterocycles. The monoisotopic (exact) mass is 313 g/mol. The number of imidazole rings is 1. The van der Waals surface area contributed by atoms with Crippen LogP contribution < -0.4 is 10.1 Å². The van der Waals surface area contributed by atoms with Crippen LogP contribution in [0.15, 0.2) is 36.4 Å². The Morgan fingerprint density at radius 2 is 2.04 bits per heavy atom. The maximum absolute atomic E-state index is 11.3. The number of ether oxygens (including phenoxy) is 2. The Morgan fingerprint density at radius 1 is 1.22 bits per heavy atom. The highest BCUT2D eigenvalue weighted by atomic mass is 16.5. The first-order valence-electron chi connectivity index (χ1n) is 6.83. The highest BCUT2D eigenvalue weighted by Crippen LogP contribution is 2.32. The van der Waals surface area contributed by atoms with Crippen LogP contribution in [0.1, 0.15) is 0 Å². The number of H-pyrrole nitrogens is 1. The van der Waals surface area contributed by atoms with E-state index in [0.29, 0.717) is 17.3 Å². The average molecular weight is 313 g/mol. The molecule has 0 fully saturated rings. The molecular formula is C16H15N3O4. The van der Waals surface area contributed by atoms with Gasteiger partial charge in [-0.2, -0.15) is 0 Å². The summed E-state index contributed by atoms with van der Waals surface area (Å²) in [4.78, 5) is 18.9. The van der Waals surface area contributed by atoms with Gasteiger partial charge in [-0.1, -0.05) is 0 Å². The van der Waals surface area contributed by atoms with Crippen LogP contribution in [-0.4, -0.2) is 35.4 Å². The van der Waals surface area contributed by atoms with Crippen LogP contribution >= 0.6 is 0 Å². The molecule has 7 nitrogen and oxygen atoms in total. The molecule has 3 aromatic rings. The van der Waals surface area contributed by atoms with Crippen molar-refractivity contribution in [3.05, 3.63) is 36.4 Å². The zero-order valence-corrected chi connectivity index (χ0v) is 12.6. The lowest BCUT2D eigenvalue weighted by Gasteiger charge is -2.06. The van der Waals surface area contributed by atoms with E-state index in [-0.39, 0.29) is 5.75 Å². The second kappa shape index (κ2) is 5.88. The highest BCUT2D eigenvalue weighted by Gasteiger charge is 2.12. The number of carbonyl (C=O) groups excluding carboxylic acids is 1. The number of nitrogens with zero attached hydrogens (tertiary/aromatic N) is 1. The maximum Gasteiger partial charge on any atom is 0.411 e. The molecule has 1 amide bonds. The molecule has 0 radical (unpaired) electrons. The molecule has 0 atom stereocenters. The largest absolute Gasteiger partial charge is 0.508 e. The molecule has 0 aliphatic rings. The van der Waals surface area contributed by atoms with Crippen LogP contribution in [0.5, 0.6) is 11.5 Å². The number of amides is 1. The van der Waals surface area contributed by atoms with E-state index in [2.05, 4.69) is 20.0 Å². The summed E-state index contributed by atoms with van der Waals surface area (Å²) < 4.78 is 9.84. The number of hydrogen-bond acceptors (Lipinski definition) is 5. The molecule has 2 aromatic carbocycles. The van der Waals surface area contributed by atoms with Gasteiger partial charge in [0.1, 0.15) is 17.3 Å². The van der Waals surface area contributed by atoms with E-state index in [1.807, 2.05) is 0 Å². The first-order chi connectivity index (χ1) is 11.1. The number of methoxy groups -OCH3 is 2. The average Bonchev–Trinajstić information content (AvgIpc) is 2.97. The molecule has 0 spiro atoms. The number of aromatic nitrogens is 2. The fraction of sp³-hybridized carbons (Fsp3) is 0.125. The maximum atomic E-state index is 11.3. The number of fused-ring (bicyclic) bond motifs is 1. The molecule has 0 aliphatic carbocycles. The molecule has 0 unspecified atom stereocenters. The van der Waals surface area contributed by atoms with Gasteiger partial charge in [-0.3, -0.25) is 5.32 Å². The fourth-order valence-corrected chi connectivity index (χ4v) is 2.26. The van der Waals surface area contributed by atoms with Gasteiger partial charge in [0, 0.05) is 11.8 Å². The number of benzene rings is 2. The molecule has 1 heterocycles. The van der Waals surface area contributed by atoms with Gasteiger partial charge in [0.2, 0.25) is 0 Å². The number of phenols is 1. The van der Waals surface area contributed by atoms with Crippen molar-refractivity contribution in [1.82, 2.24) is 9.97 Å². The van der Waals surface area contributed by atoms with Crippen LogP contribution in [0.25, 0.3) is 22.4 Å². The number of carbonyl (C=O) groups is 1. The van der Waals surface area contributed by atoms with Gasteiger partial charge in [-0.15, -0.1) is 0 Å². The third-order valence-corrected chi connectivity index (χ3v) is 3.35. The number of anilines is 1. The third-order valence-electron chi connectivity index (χ3n) is 3.35. The summed E-state index contributed by atoms with van der Waals surface area (Å²) in [5.41, 5.74) is 2.82. The smallest absolute Gasteiger partial charge is 0.411 e. The Bertz CT molecular complexity index is 873. The van der Waals surface area contributed by atoms with Crippen LogP contribution in [0, 0.1) is 0 Å². The second-order valence-corrected chi connectivity index (χ2v) is 4.82. The number of hydrogen-bond donors (Lipinski definition) is 3. The number of nitrogens with one attached hydrogen (secondary N) is 2. The van der Waals surface area contributed by atoms with E-state index in [0.717, 1.165) is 16.6 Å². The van der Waals surface area contributed by atoms with Crippen LogP contribution in [0.3, 0.4) is 0 Å². The predicted molar refractivity (Wildman–Crippen MR) is 85.8 cm³/mol. The van der Waals surface area contributed by atoms with E-state index in [1.165, 1.54) is 20.3 Å². The summed E-state index contributed by atoms with van der Waals surface area (Å²) in [7, 11) is 2.83. The highest BCUT2D eigenvalue weighted by molar-refractivity contribution is 5.89. The predicted octanol–water partition coefficient (Wildman–Crippen LogP) is 3.12. The fourth-order valence-electron chi connectivity index (χ4n) is 2.26. The topological polar surface area (TPSA) is 96.5 Å². The first-order valence-corrected chi connectivity index (χ1v) is 6.83. The van der Waals surface area contributed by atoms with Gasteiger partial charge >= 0.3 is 6.09 Å². The zero-order valence-electron chi connectivity index (χ0n) is 12.6. The molecule has 7 heteroatoms. The van der Waals surface area contributed by atoms with Crippen molar-refractivity contribution in [3.63, 3.8) is 0 Å². The molecular weight excluding hydrogens is 298 g/mol. The lowest BCUT2D eigenvalue weighted by atomic mass is 10.2. The van der Waals surface area contributed by atoms with E-state index < -0.39 is 6.09 Å². The first kappa shape index (κ1) is 14.7. The summed E-state index contributed by atoms with van der Waals surface area (Å²) in [6.07, 6.45) is -0.538. The molecule has 1 aromatic heterocycles. The summed E-state index contributed by atoms with van der Waals surface area (Å²) in [6, 6.07) is 10.1. The summed E-state index contributed by atoms with van der Waals surface area (Å²) >= 11 is 0. The van der Waals surface area contributed by atoms with E-state index in [1.54, 1.807) is 30.3 Å². The Labute approximate surface area is 131 Å². The van der Waals surface area contributed by atoms with Gasteiger partial charge in [0.15, 0.2) is 0 Å². The molecule has 0 saturated carbocycles. The Morgan fingerprint density at radius 3 is 2.78 bits per heavy atom. The van der Waals surface area contributed by atoms with Crippen LogP contribution in [-0.2, 0) is 4.74 Å². The minimum Gasteiger partial charge on any atom is -0.508 e. The van der Waals surface area contributed by atoms with Crippen molar-refractivity contribution in [1.29, 1.82) is 0 Å². The standard InChI is InChI=1S/C16H15N3O4/c1-22-14-8-10(20)4-5-11(14)15-18-12-6-3-9(7-13(12)19-15)17-16(21)23-2/h3-8,20H,1-2H3,(H,17,21)(H,18,19). The Hall–Kier alpha value is -3.22. The Kier molecular flexibility index (Phi) is 3.76. The minimum atomic E-state index is -0.538. The normalized spacial score (nSPS) is 10.5. The molecule has 0 saturated heterocycles. The van der Waals surface area contributed by atoms with Gasteiger partial charge in [-0.25, -0.2) is 9.78 Å². The van der Waals surface area contributed by atoms with Gasteiger partial charge in [-0.05, 0) is 30.3 Å². The van der Waals surface area contributed by atoms with Gasteiger partial charge < -0.3 is 19.6 Å². The van der Waals surface area contributed by atoms with Gasteiger partial charge in [0.25, 0.3) is 0 Å². The summed E-state index contributed by atoms with van der Waals surface area (Å²) in [5, 5.41) is 12.1. The van der Waals surface area contributed by atoms with E-state index in [9.17, 15) is 9.90 Å². The van der Waals surface area contributed by atoms with Crippen molar-refractivity contribution in [2.75, 3.05) is 19.5 Å². The Balaban J connectivity index is 2.02. The lowest BCUT2D eigenvalue weighted by molar-refractivity contribution is 0.187. The summed E-state index contributed by atoms with van der Waals surface area (Å²) in [5.74, 6) is 1.23. The lowest BCUT2D eigenvalue weighted by Crippen LogP contribution is -2.10. The quantitative estimate of drug-likeness (QED) is 0.690. The number of aromatic hydroxyl groups is 1. The second-order valence-electron chi connectivity index (χ2n) is 4.82. The van der Waals surface area contributed by atoms with Crippen molar-refractivity contribution in [2.24, 2.45) is 0 Å². The number of phenolic OH excluding ortho intramolecular Hbond substituents is 1. The zero-order chi connectivity index (χ0) is 16.4. The number of aromatic amines is 1. The van der Waals surface area contributed by atoms with Crippen molar-refractivity contribution >= 4 is 22.8 Å². The molecule has 118 valence electrons. The van der Waals surface area contributed by atoms with Gasteiger partial charge in [0.05, 0.1) is 30.8 Å². The molecule has 3 rings (SSSR count). The summed E-state index contributed by atoms with van der Waals surface area (Å²) in [6.45, 7) is 0. The van der Waals surface area contributed by atoms with Crippen molar-refractivity contribution < 1.29 is 19.4 Å².